The summed E-state index contributed by atoms with van der Waals surface area (Å²) in [5.41, 5.74) is 7.10. The van der Waals surface area contributed by atoms with Gasteiger partial charge in [0.2, 0.25) is 0 Å². The maximum atomic E-state index is 5.85. The summed E-state index contributed by atoms with van der Waals surface area (Å²) in [7, 11) is 0. The Labute approximate surface area is 98.5 Å². The van der Waals surface area contributed by atoms with Crippen LogP contribution < -0.4 is 5.73 Å². The topological polar surface area (TPSA) is 64.7 Å². The molecular weight excluding hydrogens is 224 g/mol. The molecule has 0 aliphatic carbocycles. The summed E-state index contributed by atoms with van der Waals surface area (Å²) in [5.74, 6) is 2.00. The Hall–Kier alpha value is -1.68. The minimum atomic E-state index is 0.523. The number of aryl methyl sites for hydroxylation is 2. The van der Waals surface area contributed by atoms with Crippen molar-refractivity contribution in [3.05, 3.63) is 34.9 Å². The van der Waals surface area contributed by atoms with E-state index in [0.717, 1.165) is 5.56 Å². The first-order chi connectivity index (χ1) is 7.56. The zero-order valence-electron chi connectivity index (χ0n) is 9.03. The summed E-state index contributed by atoms with van der Waals surface area (Å²) in [4.78, 5) is 12.6. The number of nitrogen functional groups attached to an aromatic ring is 1. The van der Waals surface area contributed by atoms with Gasteiger partial charge in [0.1, 0.15) is 11.6 Å². The van der Waals surface area contributed by atoms with Crippen molar-refractivity contribution >= 4 is 17.3 Å². The average Bonchev–Trinajstić information content (AvgIpc) is 2.20. The normalized spacial score (nSPS) is 10.4. The molecule has 1 aromatic carbocycles. The Kier molecular flexibility index (Phi) is 2.75. The van der Waals surface area contributed by atoms with Crippen molar-refractivity contribution in [2.75, 3.05) is 5.73 Å². The molecule has 0 aliphatic heterocycles. The van der Waals surface area contributed by atoms with Crippen LogP contribution in [0.4, 0.5) is 5.69 Å². The van der Waals surface area contributed by atoms with Gasteiger partial charge in [0.05, 0.1) is 10.7 Å². The third-order valence-corrected chi connectivity index (χ3v) is 2.46. The molecule has 0 spiro atoms. The van der Waals surface area contributed by atoms with Crippen LogP contribution in [0, 0.1) is 13.8 Å². The second-order valence-electron chi connectivity index (χ2n) is 3.49. The van der Waals surface area contributed by atoms with Crippen molar-refractivity contribution in [3.8, 4) is 11.4 Å². The van der Waals surface area contributed by atoms with E-state index in [2.05, 4.69) is 15.0 Å². The lowest BCUT2D eigenvalue weighted by Crippen LogP contribution is -1.99. The van der Waals surface area contributed by atoms with Crippen molar-refractivity contribution < 1.29 is 0 Å². The fourth-order valence-corrected chi connectivity index (χ4v) is 1.55. The van der Waals surface area contributed by atoms with Crippen molar-refractivity contribution in [2.45, 2.75) is 13.8 Å². The van der Waals surface area contributed by atoms with E-state index in [4.69, 9.17) is 17.3 Å². The highest BCUT2D eigenvalue weighted by atomic mass is 35.5. The molecule has 0 unspecified atom stereocenters. The molecule has 0 radical (unpaired) electrons. The molecule has 5 heteroatoms. The number of anilines is 1. The second kappa shape index (κ2) is 4.06. The Morgan fingerprint density at radius 3 is 2.25 bits per heavy atom. The van der Waals surface area contributed by atoms with E-state index in [1.165, 1.54) is 0 Å². The van der Waals surface area contributed by atoms with Gasteiger partial charge in [-0.05, 0) is 32.0 Å². The van der Waals surface area contributed by atoms with Crippen LogP contribution in [-0.2, 0) is 0 Å². The quantitative estimate of drug-likeness (QED) is 0.770. The van der Waals surface area contributed by atoms with Gasteiger partial charge >= 0.3 is 0 Å². The van der Waals surface area contributed by atoms with Gasteiger partial charge in [0, 0.05) is 5.56 Å². The Morgan fingerprint density at radius 2 is 1.69 bits per heavy atom. The van der Waals surface area contributed by atoms with E-state index in [1.807, 2.05) is 19.9 Å². The molecule has 4 nitrogen and oxygen atoms in total. The zero-order valence-corrected chi connectivity index (χ0v) is 9.78. The number of benzene rings is 1. The van der Waals surface area contributed by atoms with Gasteiger partial charge in [-0.3, -0.25) is 0 Å². The van der Waals surface area contributed by atoms with Crippen LogP contribution in [-0.4, -0.2) is 15.0 Å². The minimum Gasteiger partial charge on any atom is -0.398 e. The number of aromatic nitrogens is 3. The highest BCUT2D eigenvalue weighted by molar-refractivity contribution is 6.33. The summed E-state index contributed by atoms with van der Waals surface area (Å²) < 4.78 is 0. The number of nitrogens with zero attached hydrogens (tertiary/aromatic N) is 3. The molecule has 0 bridgehead atoms. The summed E-state index contributed by atoms with van der Waals surface area (Å²) in [6.07, 6.45) is 0. The number of nitrogens with two attached hydrogens (primary N) is 1. The third-order valence-electron chi connectivity index (χ3n) is 2.11. The van der Waals surface area contributed by atoms with Gasteiger partial charge in [-0.25, -0.2) is 15.0 Å². The van der Waals surface area contributed by atoms with Crippen molar-refractivity contribution in [1.29, 1.82) is 0 Å². The highest BCUT2D eigenvalue weighted by Gasteiger charge is 2.05. The molecule has 2 N–H and O–H groups in total. The van der Waals surface area contributed by atoms with Gasteiger partial charge < -0.3 is 5.73 Å². The Bertz CT molecular complexity index is 519. The summed E-state index contributed by atoms with van der Waals surface area (Å²) in [6.45, 7) is 3.66. The maximum Gasteiger partial charge on any atom is 0.163 e. The molecule has 1 aromatic heterocycles. The van der Waals surface area contributed by atoms with Crippen LogP contribution in [0.15, 0.2) is 18.2 Å². The lowest BCUT2D eigenvalue weighted by molar-refractivity contribution is 0.928. The van der Waals surface area contributed by atoms with Gasteiger partial charge in [0.25, 0.3) is 0 Å². The SMILES string of the molecule is Cc1nc(C)nc(-c2ccc(Cl)c(N)c2)n1. The molecule has 0 aliphatic rings. The molecule has 1 heterocycles. The van der Waals surface area contributed by atoms with Gasteiger partial charge in [-0.15, -0.1) is 0 Å². The first kappa shape index (κ1) is 10.8. The van der Waals surface area contributed by atoms with Crippen LogP contribution in [0.3, 0.4) is 0 Å². The van der Waals surface area contributed by atoms with Crippen LogP contribution in [0.2, 0.25) is 5.02 Å². The van der Waals surface area contributed by atoms with Crippen LogP contribution in [0.5, 0.6) is 0 Å². The highest BCUT2D eigenvalue weighted by Crippen LogP contribution is 2.24. The molecular formula is C11H11ClN4. The number of halogens is 1. The maximum absolute atomic E-state index is 5.85. The van der Waals surface area contributed by atoms with E-state index >= 15 is 0 Å². The first-order valence-corrected chi connectivity index (χ1v) is 5.19. The summed E-state index contributed by atoms with van der Waals surface area (Å²) >= 11 is 5.85. The van der Waals surface area contributed by atoms with E-state index in [1.54, 1.807) is 12.1 Å². The molecule has 0 saturated carbocycles. The Balaban J connectivity index is 2.54. The number of hydrogen-bond acceptors (Lipinski definition) is 4. The molecule has 2 aromatic rings. The fourth-order valence-electron chi connectivity index (χ4n) is 1.43. The van der Waals surface area contributed by atoms with Crippen LogP contribution in [0.1, 0.15) is 11.6 Å². The van der Waals surface area contributed by atoms with Crippen LogP contribution >= 0.6 is 11.6 Å². The Morgan fingerprint density at radius 1 is 1.06 bits per heavy atom. The summed E-state index contributed by atoms with van der Waals surface area (Å²) in [6, 6.07) is 5.34. The molecule has 0 atom stereocenters. The fraction of sp³-hybridized carbons (Fsp3) is 0.182. The smallest absolute Gasteiger partial charge is 0.163 e. The predicted octanol–water partition coefficient (Wildman–Crippen LogP) is 2.39. The number of rotatable bonds is 1. The zero-order chi connectivity index (χ0) is 11.7. The molecule has 0 fully saturated rings. The van der Waals surface area contributed by atoms with Crippen molar-refractivity contribution in [2.24, 2.45) is 0 Å². The second-order valence-corrected chi connectivity index (χ2v) is 3.90. The monoisotopic (exact) mass is 234 g/mol. The van der Waals surface area contributed by atoms with Gasteiger partial charge in [0.15, 0.2) is 5.82 Å². The largest absolute Gasteiger partial charge is 0.398 e. The van der Waals surface area contributed by atoms with Gasteiger partial charge in [-0.1, -0.05) is 11.6 Å². The van der Waals surface area contributed by atoms with E-state index in [0.29, 0.717) is 28.2 Å². The third kappa shape index (κ3) is 2.12. The molecule has 82 valence electrons. The predicted molar refractivity (Wildman–Crippen MR) is 64.2 cm³/mol. The lowest BCUT2D eigenvalue weighted by Gasteiger charge is -2.04. The molecule has 0 amide bonds. The van der Waals surface area contributed by atoms with E-state index in [-0.39, 0.29) is 0 Å². The first-order valence-electron chi connectivity index (χ1n) is 4.81. The molecule has 0 saturated heterocycles. The van der Waals surface area contributed by atoms with Crippen molar-refractivity contribution in [1.82, 2.24) is 15.0 Å². The van der Waals surface area contributed by atoms with Crippen molar-refractivity contribution in [3.63, 3.8) is 0 Å². The van der Waals surface area contributed by atoms with E-state index < -0.39 is 0 Å². The minimum absolute atomic E-state index is 0.523. The lowest BCUT2D eigenvalue weighted by atomic mass is 10.2. The van der Waals surface area contributed by atoms with E-state index in [9.17, 15) is 0 Å². The average molecular weight is 235 g/mol. The standard InChI is InChI=1S/C11H11ClN4/c1-6-14-7(2)16-11(15-6)8-3-4-9(12)10(13)5-8/h3-5H,13H2,1-2H3. The molecule has 16 heavy (non-hydrogen) atoms. The molecule has 2 rings (SSSR count). The number of hydrogen-bond donors (Lipinski definition) is 1. The summed E-state index contributed by atoms with van der Waals surface area (Å²) in [5, 5.41) is 0.534. The van der Waals surface area contributed by atoms with Crippen LogP contribution in [0.25, 0.3) is 11.4 Å². The van der Waals surface area contributed by atoms with Gasteiger partial charge in [-0.2, -0.15) is 0 Å².